The van der Waals surface area contributed by atoms with Crippen LogP contribution in [-0.2, 0) is 0 Å². The van der Waals surface area contributed by atoms with Gasteiger partial charge in [0.25, 0.3) is 0 Å². The fourth-order valence-electron chi connectivity index (χ4n) is 1.07. The standard InChI is InChI=1S/C11H18N2S/c1-10(2)9-13-7-8-14-11-3-5-12-6-4-11/h3-6,10,13H,7-9H2,1-2H3. The molecule has 78 valence electrons. The van der Waals surface area contributed by atoms with Crippen LogP contribution in [0.2, 0.25) is 0 Å². The largest absolute Gasteiger partial charge is 0.316 e. The normalized spacial score (nSPS) is 10.8. The fraction of sp³-hybridized carbons (Fsp3) is 0.545. The molecule has 1 aromatic heterocycles. The van der Waals surface area contributed by atoms with Gasteiger partial charge >= 0.3 is 0 Å². The highest BCUT2D eigenvalue weighted by Gasteiger charge is 1.94. The summed E-state index contributed by atoms with van der Waals surface area (Å²) in [6.45, 7) is 6.63. The van der Waals surface area contributed by atoms with E-state index >= 15 is 0 Å². The molecule has 3 heteroatoms. The summed E-state index contributed by atoms with van der Waals surface area (Å²) >= 11 is 1.87. The van der Waals surface area contributed by atoms with Gasteiger partial charge in [-0.05, 0) is 24.6 Å². The van der Waals surface area contributed by atoms with Crippen LogP contribution in [0.5, 0.6) is 0 Å². The summed E-state index contributed by atoms with van der Waals surface area (Å²) in [6, 6.07) is 4.10. The molecule has 1 heterocycles. The Morgan fingerprint density at radius 2 is 2.07 bits per heavy atom. The van der Waals surface area contributed by atoms with E-state index in [2.05, 4.69) is 24.1 Å². The van der Waals surface area contributed by atoms with Gasteiger partial charge in [-0.2, -0.15) is 0 Å². The number of nitrogens with zero attached hydrogens (tertiary/aromatic N) is 1. The molecular formula is C11H18N2S. The van der Waals surface area contributed by atoms with Crippen LogP contribution < -0.4 is 5.32 Å². The van der Waals surface area contributed by atoms with Crippen molar-refractivity contribution in [2.24, 2.45) is 5.92 Å². The van der Waals surface area contributed by atoms with Gasteiger partial charge in [0.2, 0.25) is 0 Å². The van der Waals surface area contributed by atoms with Gasteiger partial charge in [0.1, 0.15) is 0 Å². The third kappa shape index (κ3) is 5.25. The first-order chi connectivity index (χ1) is 6.79. The van der Waals surface area contributed by atoms with Gasteiger partial charge in [0.15, 0.2) is 0 Å². The van der Waals surface area contributed by atoms with Crippen molar-refractivity contribution in [2.75, 3.05) is 18.8 Å². The Labute approximate surface area is 90.5 Å². The zero-order valence-corrected chi connectivity index (χ0v) is 9.68. The lowest BCUT2D eigenvalue weighted by atomic mass is 10.2. The number of hydrogen-bond donors (Lipinski definition) is 1. The van der Waals surface area contributed by atoms with Crippen molar-refractivity contribution >= 4 is 11.8 Å². The van der Waals surface area contributed by atoms with Crippen molar-refractivity contribution in [1.82, 2.24) is 10.3 Å². The highest BCUT2D eigenvalue weighted by atomic mass is 32.2. The second-order valence-corrected chi connectivity index (χ2v) is 4.80. The first kappa shape index (κ1) is 11.5. The molecule has 0 atom stereocenters. The maximum Gasteiger partial charge on any atom is 0.0278 e. The first-order valence-corrected chi connectivity index (χ1v) is 6.01. The Kier molecular flexibility index (Phi) is 5.64. The summed E-state index contributed by atoms with van der Waals surface area (Å²) in [4.78, 5) is 5.28. The molecule has 0 amide bonds. The van der Waals surface area contributed by atoms with E-state index in [1.165, 1.54) is 4.90 Å². The van der Waals surface area contributed by atoms with Gasteiger partial charge in [-0.1, -0.05) is 13.8 Å². The molecule has 2 nitrogen and oxygen atoms in total. The third-order valence-electron chi connectivity index (χ3n) is 1.75. The number of aromatic nitrogens is 1. The van der Waals surface area contributed by atoms with E-state index in [1.54, 1.807) is 0 Å². The van der Waals surface area contributed by atoms with Crippen molar-refractivity contribution in [2.45, 2.75) is 18.7 Å². The van der Waals surface area contributed by atoms with Crippen LogP contribution in [0.1, 0.15) is 13.8 Å². The molecule has 0 unspecified atom stereocenters. The average Bonchev–Trinajstić information content (AvgIpc) is 2.18. The van der Waals surface area contributed by atoms with Gasteiger partial charge < -0.3 is 5.32 Å². The number of pyridine rings is 1. The summed E-state index contributed by atoms with van der Waals surface area (Å²) in [5.41, 5.74) is 0. The Bertz CT molecular complexity index is 236. The van der Waals surface area contributed by atoms with Crippen LogP contribution >= 0.6 is 11.8 Å². The SMILES string of the molecule is CC(C)CNCCSc1ccncc1. The molecule has 0 bridgehead atoms. The van der Waals surface area contributed by atoms with Crippen LogP contribution in [0, 0.1) is 5.92 Å². The molecule has 0 aliphatic carbocycles. The van der Waals surface area contributed by atoms with Crippen LogP contribution in [0.4, 0.5) is 0 Å². The van der Waals surface area contributed by atoms with E-state index in [4.69, 9.17) is 0 Å². The quantitative estimate of drug-likeness (QED) is 0.576. The highest BCUT2D eigenvalue weighted by Crippen LogP contribution is 2.14. The van der Waals surface area contributed by atoms with Gasteiger partial charge in [-0.25, -0.2) is 0 Å². The van der Waals surface area contributed by atoms with Crippen LogP contribution in [0.15, 0.2) is 29.4 Å². The molecular weight excluding hydrogens is 192 g/mol. The number of hydrogen-bond acceptors (Lipinski definition) is 3. The minimum absolute atomic E-state index is 0.737. The van der Waals surface area contributed by atoms with Crippen molar-refractivity contribution < 1.29 is 0 Å². The van der Waals surface area contributed by atoms with E-state index in [9.17, 15) is 0 Å². The van der Waals surface area contributed by atoms with Gasteiger partial charge in [0, 0.05) is 29.6 Å². The maximum atomic E-state index is 3.98. The monoisotopic (exact) mass is 210 g/mol. The summed E-state index contributed by atoms with van der Waals surface area (Å²) in [6.07, 6.45) is 3.67. The lowest BCUT2D eigenvalue weighted by Crippen LogP contribution is -2.21. The Morgan fingerprint density at radius 1 is 1.36 bits per heavy atom. The van der Waals surface area contributed by atoms with Crippen molar-refractivity contribution in [3.63, 3.8) is 0 Å². The fourth-order valence-corrected chi connectivity index (χ4v) is 1.86. The van der Waals surface area contributed by atoms with Crippen LogP contribution in [0.25, 0.3) is 0 Å². The zero-order chi connectivity index (χ0) is 10.2. The minimum Gasteiger partial charge on any atom is -0.316 e. The highest BCUT2D eigenvalue weighted by molar-refractivity contribution is 7.99. The molecule has 0 aromatic carbocycles. The Morgan fingerprint density at radius 3 is 2.71 bits per heavy atom. The Hall–Kier alpha value is -0.540. The molecule has 1 N–H and O–H groups in total. The van der Waals surface area contributed by atoms with Crippen LogP contribution in [0.3, 0.4) is 0 Å². The number of thioether (sulfide) groups is 1. The lowest BCUT2D eigenvalue weighted by Gasteiger charge is -2.06. The molecule has 0 aliphatic rings. The molecule has 14 heavy (non-hydrogen) atoms. The van der Waals surface area contributed by atoms with Crippen molar-refractivity contribution in [3.8, 4) is 0 Å². The summed E-state index contributed by atoms with van der Waals surface area (Å²) < 4.78 is 0. The molecule has 1 rings (SSSR count). The third-order valence-corrected chi connectivity index (χ3v) is 2.76. The van der Waals surface area contributed by atoms with E-state index in [1.807, 2.05) is 36.3 Å². The second-order valence-electron chi connectivity index (χ2n) is 3.63. The average molecular weight is 210 g/mol. The minimum atomic E-state index is 0.737. The molecule has 0 spiro atoms. The van der Waals surface area contributed by atoms with E-state index < -0.39 is 0 Å². The molecule has 0 fully saturated rings. The maximum absolute atomic E-state index is 3.98. The van der Waals surface area contributed by atoms with Crippen LogP contribution in [-0.4, -0.2) is 23.8 Å². The predicted molar refractivity (Wildman–Crippen MR) is 62.7 cm³/mol. The molecule has 0 saturated heterocycles. The smallest absolute Gasteiger partial charge is 0.0278 e. The number of rotatable bonds is 6. The second kappa shape index (κ2) is 6.85. The Balaban J connectivity index is 2.05. The molecule has 1 aromatic rings. The summed E-state index contributed by atoms with van der Waals surface area (Å²) in [7, 11) is 0. The summed E-state index contributed by atoms with van der Waals surface area (Å²) in [5, 5.41) is 3.42. The first-order valence-electron chi connectivity index (χ1n) is 5.02. The number of nitrogens with one attached hydrogen (secondary N) is 1. The van der Waals surface area contributed by atoms with Crippen molar-refractivity contribution in [1.29, 1.82) is 0 Å². The van der Waals surface area contributed by atoms with Gasteiger partial charge in [-0.3, -0.25) is 4.98 Å². The van der Waals surface area contributed by atoms with E-state index in [0.29, 0.717) is 0 Å². The lowest BCUT2D eigenvalue weighted by molar-refractivity contribution is 0.568. The van der Waals surface area contributed by atoms with E-state index in [-0.39, 0.29) is 0 Å². The van der Waals surface area contributed by atoms with Gasteiger partial charge in [-0.15, -0.1) is 11.8 Å². The van der Waals surface area contributed by atoms with Gasteiger partial charge in [0.05, 0.1) is 0 Å². The summed E-state index contributed by atoms with van der Waals surface area (Å²) in [5.74, 6) is 1.86. The molecule has 0 saturated carbocycles. The zero-order valence-electron chi connectivity index (χ0n) is 8.86. The topological polar surface area (TPSA) is 24.9 Å². The molecule has 0 aliphatic heterocycles. The van der Waals surface area contributed by atoms with E-state index in [0.717, 1.165) is 24.8 Å². The van der Waals surface area contributed by atoms with Crippen molar-refractivity contribution in [3.05, 3.63) is 24.5 Å². The molecule has 0 radical (unpaired) electrons. The predicted octanol–water partition coefficient (Wildman–Crippen LogP) is 2.42.